The van der Waals surface area contributed by atoms with Gasteiger partial charge in [0.2, 0.25) is 5.91 Å². The lowest BCUT2D eigenvalue weighted by Gasteiger charge is -2.04. The maximum atomic E-state index is 11.9. The number of carbonyl (C=O) groups excluding carboxylic acids is 1. The number of nitrogens with one attached hydrogen (secondary N) is 1. The summed E-state index contributed by atoms with van der Waals surface area (Å²) in [6.07, 6.45) is 6.04. The highest BCUT2D eigenvalue weighted by Gasteiger charge is 2.05. The minimum Gasteiger partial charge on any atom is -0.323 e. The van der Waals surface area contributed by atoms with Gasteiger partial charge in [-0.25, -0.2) is 4.79 Å². The quantitative estimate of drug-likeness (QED) is 0.680. The van der Waals surface area contributed by atoms with Gasteiger partial charge in [0, 0.05) is 37.0 Å². The number of benzene rings is 1. The SMILES string of the molecule is CSc1ccc(NC(=O)C=Cc2cn(C)c(=O)n(C)c2=O)cc1. The number of aryl methyl sites for hydroxylation is 1. The first-order valence-corrected chi connectivity index (χ1v) is 8.04. The lowest BCUT2D eigenvalue weighted by Crippen LogP contribution is -2.37. The minimum absolute atomic E-state index is 0.266. The first-order valence-electron chi connectivity index (χ1n) is 6.82. The molecule has 0 spiro atoms. The molecule has 0 unspecified atom stereocenters. The Labute approximate surface area is 137 Å². The largest absolute Gasteiger partial charge is 0.330 e. The van der Waals surface area contributed by atoms with Gasteiger partial charge >= 0.3 is 5.69 Å². The summed E-state index contributed by atoms with van der Waals surface area (Å²) in [5.41, 5.74) is 0.0836. The summed E-state index contributed by atoms with van der Waals surface area (Å²) in [6, 6.07) is 7.44. The predicted molar refractivity (Wildman–Crippen MR) is 92.8 cm³/mol. The molecule has 6 nitrogen and oxygen atoms in total. The third-order valence-electron chi connectivity index (χ3n) is 3.24. The van der Waals surface area contributed by atoms with Crippen molar-refractivity contribution in [2.24, 2.45) is 14.1 Å². The lowest BCUT2D eigenvalue weighted by molar-refractivity contribution is -0.111. The van der Waals surface area contributed by atoms with Crippen molar-refractivity contribution >= 4 is 29.4 Å². The molecule has 1 heterocycles. The highest BCUT2D eigenvalue weighted by atomic mass is 32.2. The van der Waals surface area contributed by atoms with Gasteiger partial charge in [0.05, 0.1) is 5.56 Å². The Morgan fingerprint density at radius 1 is 1.17 bits per heavy atom. The fraction of sp³-hybridized carbons (Fsp3) is 0.188. The zero-order valence-corrected chi connectivity index (χ0v) is 13.9. The molecule has 0 aliphatic carbocycles. The second-order valence-electron chi connectivity index (χ2n) is 4.89. The number of amides is 1. The summed E-state index contributed by atoms with van der Waals surface area (Å²) in [5.74, 6) is -0.349. The molecule has 23 heavy (non-hydrogen) atoms. The molecule has 1 aromatic carbocycles. The smallest absolute Gasteiger partial charge is 0.323 e. The molecule has 0 atom stereocenters. The number of carbonyl (C=O) groups is 1. The molecule has 7 heteroatoms. The fourth-order valence-corrected chi connectivity index (χ4v) is 2.38. The molecular formula is C16H17N3O3S. The first kappa shape index (κ1) is 16.8. The van der Waals surface area contributed by atoms with Crippen molar-refractivity contribution in [2.45, 2.75) is 4.90 Å². The van der Waals surface area contributed by atoms with E-state index in [0.29, 0.717) is 5.69 Å². The number of aromatic nitrogens is 2. The number of nitrogens with zero attached hydrogens (tertiary/aromatic N) is 2. The molecule has 0 saturated carbocycles. The Hall–Kier alpha value is -2.54. The number of thioether (sulfide) groups is 1. The predicted octanol–water partition coefficient (Wildman–Crippen LogP) is 1.46. The monoisotopic (exact) mass is 331 g/mol. The summed E-state index contributed by atoms with van der Waals surface area (Å²) in [5, 5.41) is 2.71. The minimum atomic E-state index is -0.443. The van der Waals surface area contributed by atoms with Crippen LogP contribution in [0.3, 0.4) is 0 Å². The second-order valence-corrected chi connectivity index (χ2v) is 5.77. The van der Waals surface area contributed by atoms with Crippen molar-refractivity contribution < 1.29 is 4.79 Å². The Kier molecular flexibility index (Phi) is 5.23. The summed E-state index contributed by atoms with van der Waals surface area (Å²) in [6.45, 7) is 0. The molecule has 0 aliphatic heterocycles. The van der Waals surface area contributed by atoms with Crippen LogP contribution in [0, 0.1) is 0 Å². The Balaban J connectivity index is 2.15. The van der Waals surface area contributed by atoms with Crippen LogP contribution in [0.15, 0.2) is 51.0 Å². The van der Waals surface area contributed by atoms with Crippen molar-refractivity contribution in [1.29, 1.82) is 0 Å². The topological polar surface area (TPSA) is 73.1 Å². The third kappa shape index (κ3) is 4.01. The van der Waals surface area contributed by atoms with Gasteiger partial charge in [-0.15, -0.1) is 11.8 Å². The first-order chi connectivity index (χ1) is 10.9. The molecular weight excluding hydrogens is 314 g/mol. The van der Waals surface area contributed by atoms with E-state index in [-0.39, 0.29) is 11.5 Å². The van der Waals surface area contributed by atoms with Crippen molar-refractivity contribution in [3.05, 3.63) is 62.9 Å². The van der Waals surface area contributed by atoms with Crippen molar-refractivity contribution in [3.8, 4) is 0 Å². The van der Waals surface area contributed by atoms with Gasteiger partial charge < -0.3 is 9.88 Å². The number of rotatable bonds is 4. The molecule has 1 N–H and O–H groups in total. The van der Waals surface area contributed by atoms with Crippen molar-refractivity contribution in [3.63, 3.8) is 0 Å². The van der Waals surface area contributed by atoms with Crippen LogP contribution >= 0.6 is 11.8 Å². The molecule has 0 fully saturated rings. The third-order valence-corrected chi connectivity index (χ3v) is 3.99. The number of hydrogen-bond donors (Lipinski definition) is 1. The van der Waals surface area contributed by atoms with Crippen LogP contribution in [0.1, 0.15) is 5.56 Å². The molecule has 120 valence electrons. The van der Waals surface area contributed by atoms with Gasteiger partial charge in [0.25, 0.3) is 5.56 Å². The van der Waals surface area contributed by atoms with E-state index in [1.165, 1.54) is 30.0 Å². The van der Waals surface area contributed by atoms with E-state index in [9.17, 15) is 14.4 Å². The standard InChI is InChI=1S/C16H17N3O3S/c1-18-10-11(15(21)19(2)16(18)22)4-9-14(20)17-12-5-7-13(23-3)8-6-12/h4-10H,1-3H3,(H,17,20). The average molecular weight is 331 g/mol. The van der Waals surface area contributed by atoms with Gasteiger partial charge in [-0.3, -0.25) is 14.2 Å². The van der Waals surface area contributed by atoms with Gasteiger partial charge in [0.15, 0.2) is 0 Å². The van der Waals surface area contributed by atoms with Crippen LogP contribution in [0.4, 0.5) is 5.69 Å². The van der Waals surface area contributed by atoms with Crippen LogP contribution < -0.4 is 16.6 Å². The summed E-state index contributed by atoms with van der Waals surface area (Å²) >= 11 is 1.62. The lowest BCUT2D eigenvalue weighted by atomic mass is 10.3. The van der Waals surface area contributed by atoms with Crippen molar-refractivity contribution in [2.75, 3.05) is 11.6 Å². The summed E-state index contributed by atoms with van der Waals surface area (Å²) in [4.78, 5) is 36.6. The van der Waals surface area contributed by atoms with Gasteiger partial charge in [-0.2, -0.15) is 0 Å². The summed E-state index contributed by atoms with van der Waals surface area (Å²) in [7, 11) is 2.95. The van der Waals surface area contributed by atoms with E-state index in [0.717, 1.165) is 9.46 Å². The molecule has 1 amide bonds. The van der Waals surface area contributed by atoms with Crippen LogP contribution in [0.25, 0.3) is 6.08 Å². The molecule has 1 aromatic heterocycles. The fourth-order valence-electron chi connectivity index (χ4n) is 1.97. The molecule has 0 radical (unpaired) electrons. The van der Waals surface area contributed by atoms with Crippen molar-refractivity contribution in [1.82, 2.24) is 9.13 Å². The molecule has 0 bridgehead atoms. The average Bonchev–Trinajstić information content (AvgIpc) is 2.55. The van der Waals surface area contributed by atoms with E-state index < -0.39 is 11.2 Å². The zero-order chi connectivity index (χ0) is 17.0. The molecule has 2 rings (SSSR count). The van der Waals surface area contributed by atoms with E-state index in [4.69, 9.17) is 0 Å². The van der Waals surface area contributed by atoms with E-state index in [2.05, 4.69) is 5.32 Å². The highest BCUT2D eigenvalue weighted by Crippen LogP contribution is 2.17. The van der Waals surface area contributed by atoms with Crippen LogP contribution in [-0.4, -0.2) is 21.3 Å². The molecule has 0 aliphatic rings. The van der Waals surface area contributed by atoms with Gasteiger partial charge in [-0.1, -0.05) is 0 Å². The van der Waals surface area contributed by atoms with Gasteiger partial charge in [0.1, 0.15) is 0 Å². The van der Waals surface area contributed by atoms with E-state index in [1.54, 1.807) is 18.8 Å². The normalized spacial score (nSPS) is 10.9. The van der Waals surface area contributed by atoms with E-state index in [1.807, 2.05) is 30.5 Å². The maximum absolute atomic E-state index is 11.9. The van der Waals surface area contributed by atoms with Gasteiger partial charge in [-0.05, 0) is 36.6 Å². The molecule has 2 aromatic rings. The van der Waals surface area contributed by atoms with E-state index >= 15 is 0 Å². The number of anilines is 1. The Morgan fingerprint density at radius 2 is 1.83 bits per heavy atom. The Bertz CT molecular complexity index is 864. The second kappa shape index (κ2) is 7.15. The number of hydrogen-bond acceptors (Lipinski definition) is 4. The summed E-state index contributed by atoms with van der Waals surface area (Å²) < 4.78 is 2.29. The van der Waals surface area contributed by atoms with Crippen LogP contribution in [-0.2, 0) is 18.9 Å². The van der Waals surface area contributed by atoms with Crippen LogP contribution in [0.5, 0.6) is 0 Å². The van der Waals surface area contributed by atoms with Crippen LogP contribution in [0.2, 0.25) is 0 Å². The highest BCUT2D eigenvalue weighted by molar-refractivity contribution is 7.98. The Morgan fingerprint density at radius 3 is 2.43 bits per heavy atom. The zero-order valence-electron chi connectivity index (χ0n) is 13.1. The maximum Gasteiger partial charge on any atom is 0.330 e. The molecule has 0 saturated heterocycles.